The number of nitrogens with zero attached hydrogens (tertiary/aromatic N) is 1. The maximum Gasteiger partial charge on any atom is 0.307 e. The van der Waals surface area contributed by atoms with Crippen LogP contribution in [-0.2, 0) is 9.59 Å². The summed E-state index contributed by atoms with van der Waals surface area (Å²) in [6.07, 6.45) is 4.15. The van der Waals surface area contributed by atoms with Crippen molar-refractivity contribution in [3.8, 4) is 0 Å². The number of hydrogen-bond donors (Lipinski definition) is 2. The first-order valence-electron chi connectivity index (χ1n) is 6.94. The van der Waals surface area contributed by atoms with Crippen LogP contribution >= 0.6 is 0 Å². The number of non-ortho nitro benzene ring substituents is 1. The number of carbonyl (C=O) groups is 2. The van der Waals surface area contributed by atoms with E-state index in [-0.39, 0.29) is 23.4 Å². The summed E-state index contributed by atoms with van der Waals surface area (Å²) in [5, 5.41) is 22.6. The van der Waals surface area contributed by atoms with E-state index in [1.807, 2.05) is 6.08 Å². The molecule has 2 aliphatic carbocycles. The monoisotopic (exact) mass is 302 g/mol. The van der Waals surface area contributed by atoms with Crippen molar-refractivity contribution in [3.05, 3.63) is 46.5 Å². The highest BCUT2D eigenvalue weighted by molar-refractivity contribution is 5.95. The molecule has 0 aromatic heterocycles. The average Bonchev–Trinajstić information content (AvgIpc) is 3.05. The Morgan fingerprint density at radius 3 is 2.73 bits per heavy atom. The van der Waals surface area contributed by atoms with Gasteiger partial charge in [-0.05, 0) is 18.4 Å². The summed E-state index contributed by atoms with van der Waals surface area (Å²) in [5.41, 5.74) is 0.242. The van der Waals surface area contributed by atoms with E-state index in [4.69, 9.17) is 0 Å². The molecule has 1 aromatic rings. The summed E-state index contributed by atoms with van der Waals surface area (Å²) in [5.74, 6) is -2.50. The van der Waals surface area contributed by atoms with Gasteiger partial charge in [0.05, 0.1) is 16.8 Å². The molecule has 1 fully saturated rings. The standard InChI is InChI=1S/C15H14N2O5/c18-14(16-9-2-1-3-10(7-9)17(21)22)13-8-4-5-11(13)12(6-8)15(19)20/h1-5,7-8,11-13H,6H2,(H,16,18)(H,19,20)/t8-,11-,12+,13-/m1/s1. The number of anilines is 1. The number of benzene rings is 1. The molecule has 114 valence electrons. The first-order valence-corrected chi connectivity index (χ1v) is 6.94. The van der Waals surface area contributed by atoms with Gasteiger partial charge in [-0.2, -0.15) is 0 Å². The van der Waals surface area contributed by atoms with Gasteiger partial charge in [-0.1, -0.05) is 18.2 Å². The van der Waals surface area contributed by atoms with Gasteiger partial charge >= 0.3 is 5.97 Å². The smallest absolute Gasteiger partial charge is 0.307 e. The Labute approximate surface area is 125 Å². The van der Waals surface area contributed by atoms with Crippen molar-refractivity contribution >= 4 is 23.3 Å². The summed E-state index contributed by atoms with van der Waals surface area (Å²) in [4.78, 5) is 33.8. The van der Waals surface area contributed by atoms with Gasteiger partial charge in [0.15, 0.2) is 0 Å². The Bertz CT molecular complexity index is 684. The normalized spacial score (nSPS) is 28.5. The molecule has 2 aliphatic rings. The third-order valence-corrected chi connectivity index (χ3v) is 4.39. The van der Waals surface area contributed by atoms with Crippen LogP contribution in [0.4, 0.5) is 11.4 Å². The number of carboxylic acid groups (broad SMARTS) is 1. The van der Waals surface area contributed by atoms with E-state index in [1.165, 1.54) is 18.2 Å². The minimum Gasteiger partial charge on any atom is -0.481 e. The molecular formula is C15H14N2O5. The minimum atomic E-state index is -0.884. The predicted octanol–water partition coefficient (Wildman–Crippen LogP) is 2.06. The molecule has 7 heteroatoms. The van der Waals surface area contributed by atoms with Crippen LogP contribution in [0.15, 0.2) is 36.4 Å². The van der Waals surface area contributed by atoms with Gasteiger partial charge in [0.1, 0.15) is 0 Å². The molecule has 0 radical (unpaired) electrons. The number of amides is 1. The first kappa shape index (κ1) is 14.2. The Kier molecular flexibility index (Phi) is 3.40. The highest BCUT2D eigenvalue weighted by atomic mass is 16.6. The van der Waals surface area contributed by atoms with E-state index in [1.54, 1.807) is 12.1 Å². The quantitative estimate of drug-likeness (QED) is 0.502. The molecule has 7 nitrogen and oxygen atoms in total. The molecular weight excluding hydrogens is 288 g/mol. The van der Waals surface area contributed by atoms with Crippen LogP contribution in [0, 0.1) is 33.8 Å². The number of carboxylic acids is 1. The lowest BCUT2D eigenvalue weighted by Crippen LogP contribution is -2.29. The number of allylic oxidation sites excluding steroid dienone is 2. The number of nitro groups is 1. The third kappa shape index (κ3) is 2.34. The number of aliphatic carboxylic acids is 1. The van der Waals surface area contributed by atoms with Crippen LogP contribution in [0.2, 0.25) is 0 Å². The van der Waals surface area contributed by atoms with Gasteiger partial charge in [-0.25, -0.2) is 0 Å². The van der Waals surface area contributed by atoms with Crippen molar-refractivity contribution < 1.29 is 19.6 Å². The van der Waals surface area contributed by atoms with Crippen LogP contribution in [0.3, 0.4) is 0 Å². The zero-order chi connectivity index (χ0) is 15.9. The van der Waals surface area contributed by atoms with Crippen LogP contribution in [0.1, 0.15) is 6.42 Å². The van der Waals surface area contributed by atoms with Gasteiger partial charge in [0.25, 0.3) is 5.69 Å². The van der Waals surface area contributed by atoms with Crippen molar-refractivity contribution in [1.82, 2.24) is 0 Å². The Balaban J connectivity index is 1.75. The minimum absolute atomic E-state index is 0.0789. The molecule has 0 unspecified atom stereocenters. The summed E-state index contributed by atoms with van der Waals surface area (Å²) in [6.45, 7) is 0. The molecule has 2 N–H and O–H groups in total. The molecule has 2 bridgehead atoms. The Morgan fingerprint density at radius 2 is 2.09 bits per heavy atom. The van der Waals surface area contributed by atoms with Crippen molar-refractivity contribution in [2.45, 2.75) is 6.42 Å². The van der Waals surface area contributed by atoms with Crippen LogP contribution < -0.4 is 5.32 Å². The zero-order valence-electron chi connectivity index (χ0n) is 11.5. The van der Waals surface area contributed by atoms with E-state index >= 15 is 0 Å². The molecule has 3 rings (SSSR count). The van der Waals surface area contributed by atoms with Gasteiger partial charge in [0.2, 0.25) is 5.91 Å². The highest BCUT2D eigenvalue weighted by Gasteiger charge is 2.50. The molecule has 4 atom stereocenters. The maximum atomic E-state index is 12.4. The predicted molar refractivity (Wildman–Crippen MR) is 77.1 cm³/mol. The highest BCUT2D eigenvalue weighted by Crippen LogP contribution is 2.48. The van der Waals surface area contributed by atoms with Gasteiger partial charge in [0, 0.05) is 23.7 Å². The Morgan fingerprint density at radius 1 is 1.32 bits per heavy atom. The second-order valence-electron chi connectivity index (χ2n) is 5.63. The van der Waals surface area contributed by atoms with Crippen molar-refractivity contribution in [3.63, 3.8) is 0 Å². The number of rotatable bonds is 4. The summed E-state index contributed by atoms with van der Waals surface area (Å²) < 4.78 is 0. The lowest BCUT2D eigenvalue weighted by Gasteiger charge is -2.17. The fourth-order valence-corrected chi connectivity index (χ4v) is 3.41. The van der Waals surface area contributed by atoms with Gasteiger partial charge in [-0.15, -0.1) is 0 Å². The third-order valence-electron chi connectivity index (χ3n) is 4.39. The maximum absolute atomic E-state index is 12.4. The first-order chi connectivity index (χ1) is 10.5. The number of nitro benzene ring substituents is 1. The molecule has 1 amide bonds. The molecule has 0 heterocycles. The molecule has 1 saturated carbocycles. The number of nitrogens with one attached hydrogen (secondary N) is 1. The van der Waals surface area contributed by atoms with E-state index in [0.717, 1.165) is 0 Å². The largest absolute Gasteiger partial charge is 0.481 e. The van der Waals surface area contributed by atoms with Crippen LogP contribution in [0.5, 0.6) is 0 Å². The summed E-state index contributed by atoms with van der Waals surface area (Å²) >= 11 is 0. The van der Waals surface area contributed by atoms with Crippen molar-refractivity contribution in [2.24, 2.45) is 23.7 Å². The molecule has 0 saturated heterocycles. The van der Waals surface area contributed by atoms with Crippen molar-refractivity contribution in [2.75, 3.05) is 5.32 Å². The molecule has 0 aliphatic heterocycles. The van der Waals surface area contributed by atoms with E-state index < -0.39 is 22.7 Å². The SMILES string of the molecule is O=C(Nc1cccc([N+](=O)[O-])c1)[C@H]1[C@@H]2C=C[C@@H]1C[C@@H]2C(=O)O. The van der Waals surface area contributed by atoms with Crippen LogP contribution in [0.25, 0.3) is 0 Å². The second-order valence-corrected chi connectivity index (χ2v) is 5.63. The lowest BCUT2D eigenvalue weighted by molar-refractivity contribution is -0.384. The lowest BCUT2D eigenvalue weighted by atomic mass is 9.90. The number of fused-ring (bicyclic) bond motifs is 2. The zero-order valence-corrected chi connectivity index (χ0v) is 11.5. The average molecular weight is 302 g/mol. The molecule has 22 heavy (non-hydrogen) atoms. The number of hydrogen-bond acceptors (Lipinski definition) is 4. The van der Waals surface area contributed by atoms with E-state index in [2.05, 4.69) is 5.32 Å². The summed E-state index contributed by atoms with van der Waals surface area (Å²) in [6, 6.07) is 5.70. The molecule has 1 aromatic carbocycles. The topological polar surface area (TPSA) is 110 Å². The van der Waals surface area contributed by atoms with Gasteiger partial charge < -0.3 is 10.4 Å². The second kappa shape index (κ2) is 5.25. The fraction of sp³-hybridized carbons (Fsp3) is 0.333. The van der Waals surface area contributed by atoms with Gasteiger partial charge in [-0.3, -0.25) is 19.7 Å². The fourth-order valence-electron chi connectivity index (χ4n) is 3.41. The molecule has 0 spiro atoms. The summed E-state index contributed by atoms with van der Waals surface area (Å²) in [7, 11) is 0. The van der Waals surface area contributed by atoms with E-state index in [0.29, 0.717) is 12.1 Å². The number of carbonyl (C=O) groups excluding carboxylic acids is 1. The van der Waals surface area contributed by atoms with Crippen molar-refractivity contribution in [1.29, 1.82) is 0 Å². The Hall–Kier alpha value is -2.70. The van der Waals surface area contributed by atoms with E-state index in [9.17, 15) is 24.8 Å². The van der Waals surface area contributed by atoms with Crippen LogP contribution in [-0.4, -0.2) is 21.9 Å².